The third kappa shape index (κ3) is 3.94. The van der Waals surface area contributed by atoms with Crippen molar-refractivity contribution in [3.05, 3.63) is 5.15 Å². The highest BCUT2D eigenvalue weighted by Crippen LogP contribution is 2.20. The lowest BCUT2D eigenvalue weighted by Gasteiger charge is -2.16. The molecule has 0 aliphatic rings. The highest BCUT2D eigenvalue weighted by atomic mass is 35.5. The van der Waals surface area contributed by atoms with Gasteiger partial charge in [-0.25, -0.2) is 0 Å². The summed E-state index contributed by atoms with van der Waals surface area (Å²) >= 11 is 6.84. The molecular formula is C9H15ClN4OS. The van der Waals surface area contributed by atoms with E-state index < -0.39 is 0 Å². The topological polar surface area (TPSA) is 58.1 Å². The van der Waals surface area contributed by atoms with Crippen molar-refractivity contribution in [1.29, 1.82) is 0 Å². The molecule has 1 amide bonds. The van der Waals surface area contributed by atoms with Crippen LogP contribution in [0.4, 0.5) is 5.82 Å². The minimum Gasteiger partial charge on any atom is -0.354 e. The molecule has 0 saturated carbocycles. The molecule has 0 spiro atoms. The fourth-order valence-electron chi connectivity index (χ4n) is 1.06. The van der Waals surface area contributed by atoms with Crippen LogP contribution in [0.2, 0.25) is 5.15 Å². The third-order valence-electron chi connectivity index (χ3n) is 1.88. The molecule has 7 heteroatoms. The van der Waals surface area contributed by atoms with Gasteiger partial charge < -0.3 is 10.2 Å². The molecule has 0 bridgehead atoms. The van der Waals surface area contributed by atoms with E-state index in [4.69, 9.17) is 11.6 Å². The summed E-state index contributed by atoms with van der Waals surface area (Å²) in [4.78, 5) is 13.2. The highest BCUT2D eigenvalue weighted by molar-refractivity contribution is 6.99. The van der Waals surface area contributed by atoms with Crippen LogP contribution in [-0.4, -0.2) is 34.8 Å². The fourth-order valence-corrected chi connectivity index (χ4v) is 1.89. The zero-order valence-electron chi connectivity index (χ0n) is 9.53. The van der Waals surface area contributed by atoms with Gasteiger partial charge in [0, 0.05) is 13.6 Å². The number of carbonyl (C=O) groups excluding carboxylic acids is 1. The largest absolute Gasteiger partial charge is 0.354 e. The summed E-state index contributed by atoms with van der Waals surface area (Å²) < 4.78 is 7.85. The van der Waals surface area contributed by atoms with Crippen LogP contribution in [0.15, 0.2) is 0 Å². The van der Waals surface area contributed by atoms with E-state index in [0.717, 1.165) is 11.7 Å². The Bertz CT molecular complexity index is 355. The number of anilines is 1. The average Bonchev–Trinajstić information content (AvgIpc) is 2.61. The molecule has 90 valence electrons. The van der Waals surface area contributed by atoms with Gasteiger partial charge in [-0.1, -0.05) is 25.4 Å². The minimum absolute atomic E-state index is 0.0414. The lowest BCUT2D eigenvalue weighted by molar-refractivity contribution is -0.119. The quantitative estimate of drug-likeness (QED) is 0.872. The Morgan fingerprint density at radius 1 is 1.56 bits per heavy atom. The van der Waals surface area contributed by atoms with Gasteiger partial charge in [-0.05, 0) is 5.92 Å². The molecule has 0 fully saturated rings. The minimum atomic E-state index is -0.0414. The molecule has 1 aromatic heterocycles. The molecule has 1 heterocycles. The van der Waals surface area contributed by atoms with Crippen LogP contribution in [0.1, 0.15) is 13.8 Å². The maximum absolute atomic E-state index is 11.5. The van der Waals surface area contributed by atoms with Crippen LogP contribution >= 0.6 is 23.3 Å². The van der Waals surface area contributed by atoms with Crippen LogP contribution in [0.5, 0.6) is 0 Å². The van der Waals surface area contributed by atoms with E-state index in [0.29, 0.717) is 23.4 Å². The summed E-state index contributed by atoms with van der Waals surface area (Å²) in [5.41, 5.74) is 0. The monoisotopic (exact) mass is 262 g/mol. The summed E-state index contributed by atoms with van der Waals surface area (Å²) in [6, 6.07) is 0. The van der Waals surface area contributed by atoms with E-state index in [-0.39, 0.29) is 12.5 Å². The smallest absolute Gasteiger partial charge is 0.239 e. The van der Waals surface area contributed by atoms with Crippen molar-refractivity contribution < 1.29 is 4.79 Å². The first-order valence-electron chi connectivity index (χ1n) is 4.96. The Kier molecular flexibility index (Phi) is 4.95. The number of rotatable bonds is 5. The van der Waals surface area contributed by atoms with Crippen molar-refractivity contribution in [2.24, 2.45) is 5.92 Å². The zero-order valence-corrected chi connectivity index (χ0v) is 11.1. The number of carbonyl (C=O) groups is 1. The normalized spacial score (nSPS) is 10.6. The van der Waals surface area contributed by atoms with Crippen molar-refractivity contribution in [1.82, 2.24) is 14.1 Å². The Labute approximate surface area is 104 Å². The number of nitrogens with zero attached hydrogens (tertiary/aromatic N) is 3. The molecule has 0 aliphatic heterocycles. The number of nitrogens with one attached hydrogen (secondary N) is 1. The van der Waals surface area contributed by atoms with Gasteiger partial charge in [-0.2, -0.15) is 8.75 Å². The second-order valence-electron chi connectivity index (χ2n) is 3.93. The van der Waals surface area contributed by atoms with E-state index in [1.165, 1.54) is 0 Å². The van der Waals surface area contributed by atoms with Crippen molar-refractivity contribution in [3.63, 3.8) is 0 Å². The second-order valence-corrected chi connectivity index (χ2v) is 4.82. The predicted octanol–water partition coefficient (Wildman–Crippen LogP) is 1.40. The summed E-state index contributed by atoms with van der Waals surface area (Å²) in [5, 5.41) is 3.16. The van der Waals surface area contributed by atoms with Gasteiger partial charge >= 0.3 is 0 Å². The standard InChI is InChI=1S/C9H15ClN4OS/c1-6(2)4-11-7(15)5-14(3)9-8(10)12-16-13-9/h6H,4-5H2,1-3H3,(H,11,15). The van der Waals surface area contributed by atoms with Crippen LogP contribution < -0.4 is 10.2 Å². The van der Waals surface area contributed by atoms with Crippen LogP contribution in [0.25, 0.3) is 0 Å². The Balaban J connectivity index is 2.43. The molecule has 0 saturated heterocycles. The molecule has 1 rings (SSSR count). The lowest BCUT2D eigenvalue weighted by atomic mass is 10.2. The van der Waals surface area contributed by atoms with Crippen molar-refractivity contribution >= 4 is 35.1 Å². The highest BCUT2D eigenvalue weighted by Gasteiger charge is 2.13. The average molecular weight is 263 g/mol. The number of amides is 1. The third-order valence-corrected chi connectivity index (χ3v) is 2.76. The summed E-state index contributed by atoms with van der Waals surface area (Å²) in [6.45, 7) is 5.00. The van der Waals surface area contributed by atoms with E-state index in [1.54, 1.807) is 11.9 Å². The fraction of sp³-hybridized carbons (Fsp3) is 0.667. The lowest BCUT2D eigenvalue weighted by Crippen LogP contribution is -2.37. The van der Waals surface area contributed by atoms with E-state index in [9.17, 15) is 4.79 Å². The summed E-state index contributed by atoms with van der Waals surface area (Å²) in [7, 11) is 1.76. The first-order valence-corrected chi connectivity index (χ1v) is 6.07. The van der Waals surface area contributed by atoms with E-state index >= 15 is 0 Å². The molecule has 5 nitrogen and oxygen atoms in total. The van der Waals surface area contributed by atoms with Crippen LogP contribution in [0.3, 0.4) is 0 Å². The molecular weight excluding hydrogens is 248 g/mol. The molecule has 0 aliphatic carbocycles. The van der Waals surface area contributed by atoms with Crippen molar-refractivity contribution in [2.75, 3.05) is 25.0 Å². The molecule has 0 aromatic carbocycles. The van der Waals surface area contributed by atoms with Gasteiger partial charge in [0.25, 0.3) is 0 Å². The SMILES string of the molecule is CC(C)CNC(=O)CN(C)c1nsnc1Cl. The Morgan fingerprint density at radius 2 is 2.25 bits per heavy atom. The Hall–Kier alpha value is -0.880. The molecule has 0 radical (unpaired) electrons. The summed E-state index contributed by atoms with van der Waals surface area (Å²) in [6.07, 6.45) is 0. The van der Waals surface area contributed by atoms with Crippen LogP contribution in [-0.2, 0) is 4.79 Å². The van der Waals surface area contributed by atoms with Crippen molar-refractivity contribution in [3.8, 4) is 0 Å². The van der Waals surface area contributed by atoms with Gasteiger partial charge in [0.1, 0.15) is 0 Å². The number of hydrogen-bond donors (Lipinski definition) is 1. The molecule has 1 aromatic rings. The Morgan fingerprint density at radius 3 is 2.75 bits per heavy atom. The van der Waals surface area contributed by atoms with E-state index in [1.807, 2.05) is 13.8 Å². The van der Waals surface area contributed by atoms with Gasteiger partial charge in [-0.3, -0.25) is 4.79 Å². The molecule has 1 N–H and O–H groups in total. The maximum atomic E-state index is 11.5. The number of aromatic nitrogens is 2. The van der Waals surface area contributed by atoms with Gasteiger partial charge in [0.15, 0.2) is 11.0 Å². The number of halogens is 1. The summed E-state index contributed by atoms with van der Waals surface area (Å²) in [5.74, 6) is 0.949. The predicted molar refractivity (Wildman–Crippen MR) is 66.0 cm³/mol. The van der Waals surface area contributed by atoms with Crippen LogP contribution in [0, 0.1) is 5.92 Å². The first kappa shape index (κ1) is 13.2. The number of likely N-dealkylation sites (N-methyl/N-ethyl adjacent to an activating group) is 1. The molecule has 16 heavy (non-hydrogen) atoms. The second kappa shape index (κ2) is 6.00. The molecule has 0 unspecified atom stereocenters. The van der Waals surface area contributed by atoms with Crippen molar-refractivity contribution in [2.45, 2.75) is 13.8 Å². The van der Waals surface area contributed by atoms with Gasteiger partial charge in [0.05, 0.1) is 18.3 Å². The molecule has 0 atom stereocenters. The first-order chi connectivity index (χ1) is 7.50. The van der Waals surface area contributed by atoms with Gasteiger partial charge in [-0.15, -0.1) is 0 Å². The maximum Gasteiger partial charge on any atom is 0.239 e. The van der Waals surface area contributed by atoms with E-state index in [2.05, 4.69) is 14.1 Å². The zero-order chi connectivity index (χ0) is 12.1. The number of hydrogen-bond acceptors (Lipinski definition) is 5. The van der Waals surface area contributed by atoms with Gasteiger partial charge in [0.2, 0.25) is 5.91 Å².